The molecule has 0 spiro atoms. The fourth-order valence-electron chi connectivity index (χ4n) is 5.79. The van der Waals surface area contributed by atoms with Crippen molar-refractivity contribution in [3.63, 3.8) is 0 Å². The summed E-state index contributed by atoms with van der Waals surface area (Å²) in [6.45, 7) is 2.14. The van der Waals surface area contributed by atoms with E-state index < -0.39 is 0 Å². The van der Waals surface area contributed by atoms with Crippen LogP contribution >= 0.6 is 0 Å². The minimum atomic E-state index is 1.12. The molecule has 7 aromatic rings. The second-order valence-corrected chi connectivity index (χ2v) is 11.2. The summed E-state index contributed by atoms with van der Waals surface area (Å²) in [5, 5.41) is 2.47. The second-order valence-electron chi connectivity index (χ2n) is 11.2. The van der Waals surface area contributed by atoms with Crippen molar-refractivity contribution < 1.29 is 0 Å². The zero-order chi connectivity index (χ0) is 30.4. The molecule has 0 saturated carbocycles. The van der Waals surface area contributed by atoms with Crippen molar-refractivity contribution in [2.45, 2.75) is 6.92 Å². The molecule has 0 N–H and O–H groups in total. The van der Waals surface area contributed by atoms with Gasteiger partial charge in [0.15, 0.2) is 0 Å². The highest BCUT2D eigenvalue weighted by atomic mass is 15.1. The van der Waals surface area contributed by atoms with Gasteiger partial charge in [-0.1, -0.05) is 115 Å². The molecule has 0 bridgehead atoms. The molecule has 216 valence electrons. The summed E-state index contributed by atoms with van der Waals surface area (Å²) in [6, 6.07) is 62.4. The molecule has 2 nitrogen and oxygen atoms in total. The molecule has 0 aliphatic rings. The van der Waals surface area contributed by atoms with Crippen LogP contribution in [0.15, 0.2) is 176 Å². The number of nitrogens with zero attached hydrogens (tertiary/aromatic N) is 2. The zero-order valence-electron chi connectivity index (χ0n) is 25.3. The van der Waals surface area contributed by atoms with Crippen LogP contribution in [0.25, 0.3) is 22.9 Å². The molecule has 7 rings (SSSR count). The number of fused-ring (bicyclic) bond motifs is 1. The number of hydrogen-bond donors (Lipinski definition) is 0. The number of benzene rings is 7. The quantitative estimate of drug-likeness (QED) is 0.166. The molecule has 0 atom stereocenters. The van der Waals surface area contributed by atoms with Gasteiger partial charge in [0.05, 0.1) is 0 Å². The van der Waals surface area contributed by atoms with E-state index >= 15 is 0 Å². The minimum absolute atomic E-state index is 1.12. The highest BCUT2D eigenvalue weighted by Crippen LogP contribution is 2.37. The maximum atomic E-state index is 2.33. The zero-order valence-corrected chi connectivity index (χ0v) is 25.3. The topological polar surface area (TPSA) is 6.48 Å². The van der Waals surface area contributed by atoms with Crippen LogP contribution in [-0.2, 0) is 0 Å². The van der Waals surface area contributed by atoms with Gasteiger partial charge in [-0.15, -0.1) is 0 Å². The lowest BCUT2D eigenvalue weighted by Crippen LogP contribution is -2.10. The summed E-state index contributed by atoms with van der Waals surface area (Å²) < 4.78 is 0. The van der Waals surface area contributed by atoms with Crippen LogP contribution in [0.4, 0.5) is 34.1 Å². The van der Waals surface area contributed by atoms with E-state index in [0.717, 1.165) is 45.3 Å². The largest absolute Gasteiger partial charge is 0.311 e. The smallest absolute Gasteiger partial charge is 0.0468 e. The van der Waals surface area contributed by atoms with Crippen molar-refractivity contribution in [1.29, 1.82) is 0 Å². The van der Waals surface area contributed by atoms with Crippen LogP contribution in [0.3, 0.4) is 0 Å². The van der Waals surface area contributed by atoms with Gasteiger partial charge >= 0.3 is 0 Å². The molecule has 2 heteroatoms. The lowest BCUT2D eigenvalue weighted by atomic mass is 10.1. The van der Waals surface area contributed by atoms with Gasteiger partial charge in [-0.2, -0.15) is 0 Å². The minimum Gasteiger partial charge on any atom is -0.311 e. The Morgan fingerprint density at radius 2 is 0.756 bits per heavy atom. The fourth-order valence-corrected chi connectivity index (χ4v) is 5.79. The Balaban J connectivity index is 1.14. The first kappa shape index (κ1) is 27.9. The van der Waals surface area contributed by atoms with Crippen molar-refractivity contribution in [2.75, 3.05) is 9.80 Å². The Kier molecular flexibility index (Phi) is 7.94. The predicted molar refractivity (Wildman–Crippen MR) is 193 cm³/mol. The van der Waals surface area contributed by atoms with Crippen LogP contribution in [0.2, 0.25) is 0 Å². The first-order valence-electron chi connectivity index (χ1n) is 15.4. The van der Waals surface area contributed by atoms with E-state index in [9.17, 15) is 0 Å². The highest BCUT2D eigenvalue weighted by molar-refractivity contribution is 5.89. The Morgan fingerprint density at radius 3 is 1.31 bits per heavy atom. The summed E-state index contributed by atoms with van der Waals surface area (Å²) in [6.07, 6.45) is 4.35. The average Bonchev–Trinajstić information content (AvgIpc) is 3.10. The normalized spacial score (nSPS) is 11.1. The summed E-state index contributed by atoms with van der Waals surface area (Å²) in [7, 11) is 0. The standard InChI is InChI=1S/C43H34N2/c1-33-11-10-18-42(31-33)45(43-30-25-36-12-8-9-13-37(36)32-43)41-28-23-35(24-29-41)20-19-34-21-26-40(27-22-34)44(38-14-4-2-5-15-38)39-16-6-3-7-17-39/h2-32H,1H3/b20-19+. The fraction of sp³-hybridized carbons (Fsp3) is 0.0233. The van der Waals surface area contributed by atoms with E-state index in [4.69, 9.17) is 0 Å². The van der Waals surface area contributed by atoms with Crippen LogP contribution < -0.4 is 9.80 Å². The van der Waals surface area contributed by atoms with Crippen molar-refractivity contribution in [3.8, 4) is 0 Å². The van der Waals surface area contributed by atoms with E-state index in [-0.39, 0.29) is 0 Å². The van der Waals surface area contributed by atoms with E-state index in [1.807, 2.05) is 0 Å². The number of aryl methyl sites for hydroxylation is 1. The lowest BCUT2D eigenvalue weighted by molar-refractivity contribution is 1.27. The Hall–Kier alpha value is -5.86. The second kappa shape index (κ2) is 12.8. The van der Waals surface area contributed by atoms with Crippen LogP contribution in [-0.4, -0.2) is 0 Å². The van der Waals surface area contributed by atoms with Gasteiger partial charge in [0, 0.05) is 34.1 Å². The first-order valence-corrected chi connectivity index (χ1v) is 15.4. The van der Waals surface area contributed by atoms with Gasteiger partial charge < -0.3 is 9.80 Å². The molecule has 0 aliphatic carbocycles. The number of rotatable bonds is 8. The van der Waals surface area contributed by atoms with Gasteiger partial charge in [0.25, 0.3) is 0 Å². The SMILES string of the molecule is Cc1cccc(N(c2ccc(/C=C/c3ccc(N(c4ccccc4)c4ccccc4)cc3)cc2)c2ccc3ccccc3c2)c1. The van der Waals surface area contributed by atoms with Gasteiger partial charge in [-0.25, -0.2) is 0 Å². The molecule has 0 fully saturated rings. The number of hydrogen-bond acceptors (Lipinski definition) is 2. The first-order chi connectivity index (χ1) is 22.2. The molecule has 0 radical (unpaired) electrons. The highest BCUT2D eigenvalue weighted by Gasteiger charge is 2.14. The predicted octanol–water partition coefficient (Wildman–Crippen LogP) is 12.3. The van der Waals surface area contributed by atoms with Gasteiger partial charge in [-0.05, 0) is 107 Å². The van der Waals surface area contributed by atoms with Crippen molar-refractivity contribution >= 4 is 57.0 Å². The maximum absolute atomic E-state index is 2.33. The van der Waals surface area contributed by atoms with Crippen molar-refractivity contribution in [2.24, 2.45) is 0 Å². The van der Waals surface area contributed by atoms with E-state index in [1.165, 1.54) is 16.3 Å². The molecule has 0 aliphatic heterocycles. The molecule has 0 amide bonds. The molecule has 0 unspecified atom stereocenters. The lowest BCUT2D eigenvalue weighted by Gasteiger charge is -2.26. The Bertz CT molecular complexity index is 2010. The third-order valence-corrected chi connectivity index (χ3v) is 8.05. The molecular formula is C43H34N2. The number of anilines is 6. The van der Waals surface area contributed by atoms with E-state index in [2.05, 4.69) is 205 Å². The Labute approximate surface area is 265 Å². The van der Waals surface area contributed by atoms with E-state index in [0.29, 0.717) is 0 Å². The monoisotopic (exact) mass is 578 g/mol. The number of para-hydroxylation sites is 2. The van der Waals surface area contributed by atoms with Gasteiger partial charge in [-0.3, -0.25) is 0 Å². The van der Waals surface area contributed by atoms with Crippen LogP contribution in [0.5, 0.6) is 0 Å². The summed E-state index contributed by atoms with van der Waals surface area (Å²) in [5.41, 5.74) is 10.3. The molecule has 7 aromatic carbocycles. The summed E-state index contributed by atoms with van der Waals surface area (Å²) >= 11 is 0. The van der Waals surface area contributed by atoms with Gasteiger partial charge in [0.1, 0.15) is 0 Å². The van der Waals surface area contributed by atoms with Gasteiger partial charge in [0.2, 0.25) is 0 Å². The van der Waals surface area contributed by atoms with Crippen LogP contribution in [0.1, 0.15) is 16.7 Å². The Morgan fingerprint density at radius 1 is 0.333 bits per heavy atom. The summed E-state index contributed by atoms with van der Waals surface area (Å²) in [4.78, 5) is 4.61. The molecule has 0 aromatic heterocycles. The molecule has 0 saturated heterocycles. The average molecular weight is 579 g/mol. The molecule has 45 heavy (non-hydrogen) atoms. The van der Waals surface area contributed by atoms with Crippen molar-refractivity contribution in [3.05, 3.63) is 193 Å². The van der Waals surface area contributed by atoms with Crippen molar-refractivity contribution in [1.82, 2.24) is 0 Å². The summed E-state index contributed by atoms with van der Waals surface area (Å²) in [5.74, 6) is 0. The van der Waals surface area contributed by atoms with E-state index in [1.54, 1.807) is 0 Å². The molecular weight excluding hydrogens is 544 g/mol. The third-order valence-electron chi connectivity index (χ3n) is 8.05. The third kappa shape index (κ3) is 6.27. The molecule has 0 heterocycles. The maximum Gasteiger partial charge on any atom is 0.0468 e. The van der Waals surface area contributed by atoms with Crippen LogP contribution in [0, 0.1) is 6.92 Å².